The number of hydrogen-bond donors (Lipinski definition) is 3. The van der Waals surface area contributed by atoms with Crippen LogP contribution in [0.5, 0.6) is 11.5 Å². The smallest absolute Gasteiger partial charge is 0.161 e. The molecule has 5 heteroatoms. The zero-order valence-electron chi connectivity index (χ0n) is 12.6. The number of hydrogen-bond acceptors (Lipinski definition) is 5. The number of rotatable bonds is 8. The Morgan fingerprint density at radius 2 is 1.75 bits per heavy atom. The molecule has 3 N–H and O–H groups in total. The Hall–Kier alpha value is -1.30. The molecule has 0 radical (unpaired) electrons. The second kappa shape index (κ2) is 7.47. The minimum Gasteiger partial charge on any atom is -0.493 e. The number of aliphatic hydroxyl groups is 2. The van der Waals surface area contributed by atoms with Gasteiger partial charge in [0.1, 0.15) is 0 Å². The Balaban J connectivity index is 2.94. The third-order valence-electron chi connectivity index (χ3n) is 3.71. The lowest BCUT2D eigenvalue weighted by Crippen LogP contribution is -2.52. The van der Waals surface area contributed by atoms with Crippen molar-refractivity contribution in [1.29, 1.82) is 0 Å². The van der Waals surface area contributed by atoms with Gasteiger partial charge in [0.25, 0.3) is 0 Å². The van der Waals surface area contributed by atoms with Gasteiger partial charge in [-0.15, -0.1) is 0 Å². The topological polar surface area (TPSA) is 71.0 Å². The maximum Gasteiger partial charge on any atom is 0.161 e. The van der Waals surface area contributed by atoms with Crippen molar-refractivity contribution in [2.24, 2.45) is 0 Å². The highest BCUT2D eigenvalue weighted by Gasteiger charge is 2.28. The van der Waals surface area contributed by atoms with Crippen LogP contribution in [0.1, 0.15) is 31.9 Å². The van der Waals surface area contributed by atoms with Gasteiger partial charge in [0.05, 0.1) is 33.0 Å². The average molecular weight is 283 g/mol. The first-order valence-electron chi connectivity index (χ1n) is 6.77. The molecule has 1 unspecified atom stereocenters. The molecule has 0 amide bonds. The van der Waals surface area contributed by atoms with Gasteiger partial charge in [-0.25, -0.2) is 0 Å². The summed E-state index contributed by atoms with van der Waals surface area (Å²) in [6, 6.07) is 5.65. The molecule has 0 saturated carbocycles. The summed E-state index contributed by atoms with van der Waals surface area (Å²) in [7, 11) is 3.19. The molecule has 1 aromatic carbocycles. The Labute approximate surface area is 120 Å². The van der Waals surface area contributed by atoms with E-state index in [2.05, 4.69) is 5.32 Å². The van der Waals surface area contributed by atoms with Crippen LogP contribution >= 0.6 is 0 Å². The fourth-order valence-corrected chi connectivity index (χ4v) is 2.13. The van der Waals surface area contributed by atoms with Crippen LogP contribution in [-0.4, -0.2) is 43.2 Å². The average Bonchev–Trinajstić information content (AvgIpc) is 2.51. The van der Waals surface area contributed by atoms with E-state index in [1.165, 1.54) is 0 Å². The van der Waals surface area contributed by atoms with Crippen molar-refractivity contribution in [3.63, 3.8) is 0 Å². The molecule has 1 atom stereocenters. The van der Waals surface area contributed by atoms with E-state index in [9.17, 15) is 10.2 Å². The van der Waals surface area contributed by atoms with Gasteiger partial charge < -0.3 is 25.0 Å². The standard InChI is InChI=1S/C15H25NO4/c1-5-15(9-17,10-18)16-11(2)12-6-7-13(19-3)14(8-12)20-4/h6-8,11,16-18H,5,9-10H2,1-4H3. The number of benzene rings is 1. The van der Waals surface area contributed by atoms with E-state index < -0.39 is 5.54 Å². The normalized spacial score (nSPS) is 13.1. The zero-order valence-corrected chi connectivity index (χ0v) is 12.6. The quantitative estimate of drug-likeness (QED) is 0.674. The van der Waals surface area contributed by atoms with E-state index in [1.807, 2.05) is 32.0 Å². The molecular formula is C15H25NO4. The zero-order chi connectivity index (χ0) is 15.2. The summed E-state index contributed by atoms with van der Waals surface area (Å²) in [6.07, 6.45) is 0.637. The first-order chi connectivity index (χ1) is 9.55. The van der Waals surface area contributed by atoms with Crippen molar-refractivity contribution in [3.05, 3.63) is 23.8 Å². The largest absolute Gasteiger partial charge is 0.493 e. The number of aliphatic hydroxyl groups excluding tert-OH is 2. The minimum absolute atomic E-state index is 0.0333. The SMILES string of the molecule is CCC(CO)(CO)NC(C)c1ccc(OC)c(OC)c1. The number of methoxy groups -OCH3 is 2. The van der Waals surface area contributed by atoms with Crippen LogP contribution in [0, 0.1) is 0 Å². The molecule has 0 bridgehead atoms. The molecule has 0 heterocycles. The van der Waals surface area contributed by atoms with Crippen molar-refractivity contribution in [2.75, 3.05) is 27.4 Å². The molecule has 1 aromatic rings. The summed E-state index contributed by atoms with van der Waals surface area (Å²) in [5.41, 5.74) is 0.328. The van der Waals surface area contributed by atoms with E-state index in [0.29, 0.717) is 17.9 Å². The van der Waals surface area contributed by atoms with Gasteiger partial charge in [0, 0.05) is 6.04 Å². The predicted molar refractivity (Wildman–Crippen MR) is 78.3 cm³/mol. The summed E-state index contributed by atoms with van der Waals surface area (Å²) in [5.74, 6) is 1.34. The maximum absolute atomic E-state index is 9.49. The van der Waals surface area contributed by atoms with Crippen molar-refractivity contribution in [3.8, 4) is 11.5 Å². The molecule has 0 fully saturated rings. The van der Waals surface area contributed by atoms with Gasteiger partial charge >= 0.3 is 0 Å². The fourth-order valence-electron chi connectivity index (χ4n) is 2.13. The van der Waals surface area contributed by atoms with E-state index in [-0.39, 0.29) is 19.3 Å². The second-order valence-electron chi connectivity index (χ2n) is 4.93. The van der Waals surface area contributed by atoms with Crippen LogP contribution in [0.2, 0.25) is 0 Å². The molecule has 5 nitrogen and oxygen atoms in total. The van der Waals surface area contributed by atoms with Gasteiger partial charge in [-0.1, -0.05) is 13.0 Å². The van der Waals surface area contributed by atoms with Crippen LogP contribution in [-0.2, 0) is 0 Å². The minimum atomic E-state index is -0.674. The van der Waals surface area contributed by atoms with Crippen LogP contribution in [0.25, 0.3) is 0 Å². The lowest BCUT2D eigenvalue weighted by atomic mass is 9.95. The number of nitrogens with one attached hydrogen (secondary N) is 1. The Kier molecular flexibility index (Phi) is 6.26. The molecule has 0 aliphatic heterocycles. The first-order valence-corrected chi connectivity index (χ1v) is 6.77. The molecule has 0 aromatic heterocycles. The Morgan fingerprint density at radius 1 is 1.15 bits per heavy atom. The highest BCUT2D eigenvalue weighted by atomic mass is 16.5. The molecule has 0 aliphatic carbocycles. The second-order valence-corrected chi connectivity index (χ2v) is 4.93. The Bertz CT molecular complexity index is 410. The van der Waals surface area contributed by atoms with E-state index in [1.54, 1.807) is 14.2 Å². The fraction of sp³-hybridized carbons (Fsp3) is 0.600. The van der Waals surface area contributed by atoms with E-state index in [0.717, 1.165) is 5.56 Å². The summed E-state index contributed by atoms with van der Waals surface area (Å²) in [4.78, 5) is 0. The third kappa shape index (κ3) is 3.62. The summed E-state index contributed by atoms with van der Waals surface area (Å²) in [5, 5.41) is 22.3. The van der Waals surface area contributed by atoms with Crippen LogP contribution in [0.4, 0.5) is 0 Å². The maximum atomic E-state index is 9.49. The van der Waals surface area contributed by atoms with E-state index in [4.69, 9.17) is 9.47 Å². The molecule has 1 rings (SSSR count). The first kappa shape index (κ1) is 16.8. The molecule has 20 heavy (non-hydrogen) atoms. The van der Waals surface area contributed by atoms with Crippen LogP contribution in [0.3, 0.4) is 0 Å². The highest BCUT2D eigenvalue weighted by Crippen LogP contribution is 2.30. The summed E-state index contributed by atoms with van der Waals surface area (Å²) in [6.45, 7) is 3.69. The van der Waals surface area contributed by atoms with Gasteiger partial charge in [-0.3, -0.25) is 0 Å². The molecule has 0 aliphatic rings. The third-order valence-corrected chi connectivity index (χ3v) is 3.71. The predicted octanol–water partition coefficient (Wildman–Crippen LogP) is 1.49. The highest BCUT2D eigenvalue weighted by molar-refractivity contribution is 5.43. The molecular weight excluding hydrogens is 258 g/mol. The van der Waals surface area contributed by atoms with Crippen molar-refractivity contribution < 1.29 is 19.7 Å². The molecule has 114 valence electrons. The Morgan fingerprint density at radius 3 is 2.20 bits per heavy atom. The van der Waals surface area contributed by atoms with Gasteiger partial charge in [-0.05, 0) is 31.0 Å². The lowest BCUT2D eigenvalue weighted by molar-refractivity contribution is 0.0792. The van der Waals surface area contributed by atoms with E-state index >= 15 is 0 Å². The van der Waals surface area contributed by atoms with Gasteiger partial charge in [0.15, 0.2) is 11.5 Å². The summed E-state index contributed by atoms with van der Waals surface area (Å²) >= 11 is 0. The monoisotopic (exact) mass is 283 g/mol. The van der Waals surface area contributed by atoms with Gasteiger partial charge in [0.2, 0.25) is 0 Å². The summed E-state index contributed by atoms with van der Waals surface area (Å²) < 4.78 is 10.5. The van der Waals surface area contributed by atoms with Gasteiger partial charge in [-0.2, -0.15) is 0 Å². The molecule has 0 spiro atoms. The number of ether oxygens (including phenoxy) is 2. The van der Waals surface area contributed by atoms with Crippen molar-refractivity contribution >= 4 is 0 Å². The van der Waals surface area contributed by atoms with Crippen molar-refractivity contribution in [1.82, 2.24) is 5.32 Å². The van der Waals surface area contributed by atoms with Crippen LogP contribution in [0.15, 0.2) is 18.2 Å². The van der Waals surface area contributed by atoms with Crippen LogP contribution < -0.4 is 14.8 Å². The molecule has 0 saturated heterocycles. The van der Waals surface area contributed by atoms with Crippen molar-refractivity contribution in [2.45, 2.75) is 31.8 Å². The lowest BCUT2D eigenvalue weighted by Gasteiger charge is -2.33.